The van der Waals surface area contributed by atoms with E-state index in [1.807, 2.05) is 0 Å². The molecule has 1 saturated heterocycles. The van der Waals surface area contributed by atoms with Crippen molar-refractivity contribution in [2.24, 2.45) is 5.92 Å². The molecule has 3 heterocycles. The van der Waals surface area contributed by atoms with E-state index in [2.05, 4.69) is 51.3 Å². The Hall–Kier alpha value is -1.65. The summed E-state index contributed by atoms with van der Waals surface area (Å²) in [6.45, 7) is 6.53. The predicted molar refractivity (Wildman–Crippen MR) is 92.1 cm³/mol. The molecule has 0 amide bonds. The van der Waals surface area contributed by atoms with Crippen molar-refractivity contribution in [2.45, 2.75) is 38.9 Å². The molecule has 1 atom stereocenters. The quantitative estimate of drug-likeness (QED) is 0.941. The maximum atomic E-state index is 4.82. The lowest BCUT2D eigenvalue weighted by molar-refractivity contribution is 0.311. The fourth-order valence-corrected chi connectivity index (χ4v) is 3.90. The summed E-state index contributed by atoms with van der Waals surface area (Å²) in [6.07, 6.45) is 3.70. The monoisotopic (exact) mass is 310 g/mol. The average molecular weight is 310 g/mol. The van der Waals surface area contributed by atoms with Crippen LogP contribution in [0.1, 0.15) is 29.8 Å². The van der Waals surface area contributed by atoms with Gasteiger partial charge in [0.05, 0.1) is 11.4 Å². The van der Waals surface area contributed by atoms with Crippen molar-refractivity contribution in [3.05, 3.63) is 53.3 Å². The lowest BCUT2D eigenvalue weighted by Crippen LogP contribution is -2.21. The molecule has 2 aliphatic rings. The number of hydrogen-bond donors (Lipinski definition) is 1. The van der Waals surface area contributed by atoms with Gasteiger partial charge in [-0.3, -0.25) is 9.58 Å². The number of likely N-dealkylation sites (tertiary alicyclic amines) is 1. The Morgan fingerprint density at radius 2 is 2.09 bits per heavy atom. The molecule has 0 spiro atoms. The van der Waals surface area contributed by atoms with Gasteiger partial charge in [0.1, 0.15) is 0 Å². The molecule has 1 fully saturated rings. The first-order valence-electron chi connectivity index (χ1n) is 8.89. The maximum absolute atomic E-state index is 4.82. The van der Waals surface area contributed by atoms with Gasteiger partial charge >= 0.3 is 0 Å². The summed E-state index contributed by atoms with van der Waals surface area (Å²) in [4.78, 5) is 2.57. The predicted octanol–water partition coefficient (Wildman–Crippen LogP) is 2.44. The minimum Gasteiger partial charge on any atom is -0.311 e. The minimum atomic E-state index is 0.791. The third-order valence-corrected chi connectivity index (χ3v) is 5.07. The zero-order chi connectivity index (χ0) is 15.5. The van der Waals surface area contributed by atoms with E-state index >= 15 is 0 Å². The average Bonchev–Trinajstić information content (AvgIpc) is 3.10. The number of hydrogen-bond acceptors (Lipinski definition) is 3. The van der Waals surface area contributed by atoms with Gasteiger partial charge in [-0.15, -0.1) is 0 Å². The second-order valence-electron chi connectivity index (χ2n) is 6.96. The van der Waals surface area contributed by atoms with Gasteiger partial charge in [0, 0.05) is 26.2 Å². The molecule has 0 saturated carbocycles. The molecule has 4 heteroatoms. The van der Waals surface area contributed by atoms with Crippen molar-refractivity contribution < 1.29 is 0 Å². The van der Waals surface area contributed by atoms with Crippen LogP contribution >= 0.6 is 0 Å². The van der Waals surface area contributed by atoms with Crippen LogP contribution in [-0.2, 0) is 26.1 Å². The fourth-order valence-electron chi connectivity index (χ4n) is 3.90. The molecule has 1 N–H and O–H groups in total. The molecule has 0 radical (unpaired) electrons. The molecule has 0 aliphatic carbocycles. The van der Waals surface area contributed by atoms with E-state index in [-0.39, 0.29) is 0 Å². The lowest BCUT2D eigenvalue weighted by Gasteiger charge is -2.14. The van der Waals surface area contributed by atoms with Crippen LogP contribution in [0.5, 0.6) is 0 Å². The molecule has 0 unspecified atom stereocenters. The number of rotatable bonds is 4. The first kappa shape index (κ1) is 14.9. The Bertz CT molecular complexity index is 611. The van der Waals surface area contributed by atoms with Crippen molar-refractivity contribution in [1.82, 2.24) is 20.0 Å². The summed E-state index contributed by atoms with van der Waals surface area (Å²) in [5, 5.41) is 8.29. The van der Waals surface area contributed by atoms with Crippen LogP contribution in [0, 0.1) is 5.92 Å². The smallest absolute Gasteiger partial charge is 0.0768 e. The highest BCUT2D eigenvalue weighted by Crippen LogP contribution is 2.22. The molecule has 1 aromatic carbocycles. The van der Waals surface area contributed by atoms with Crippen molar-refractivity contribution >= 4 is 0 Å². The Morgan fingerprint density at radius 3 is 3.00 bits per heavy atom. The summed E-state index contributed by atoms with van der Waals surface area (Å²) in [5.41, 5.74) is 4.06. The topological polar surface area (TPSA) is 33.1 Å². The van der Waals surface area contributed by atoms with Gasteiger partial charge in [-0.05, 0) is 49.9 Å². The fraction of sp³-hybridized carbons (Fsp3) is 0.526. The molecule has 23 heavy (non-hydrogen) atoms. The molecule has 4 nitrogen and oxygen atoms in total. The zero-order valence-electron chi connectivity index (χ0n) is 13.7. The van der Waals surface area contributed by atoms with Crippen LogP contribution in [-0.4, -0.2) is 34.3 Å². The lowest BCUT2D eigenvalue weighted by atomic mass is 9.99. The normalized spacial score (nSPS) is 22.0. The summed E-state index contributed by atoms with van der Waals surface area (Å²) in [7, 11) is 0. The van der Waals surface area contributed by atoms with Crippen LogP contribution < -0.4 is 5.32 Å². The van der Waals surface area contributed by atoms with Gasteiger partial charge in [0.15, 0.2) is 0 Å². The van der Waals surface area contributed by atoms with Gasteiger partial charge in [-0.2, -0.15) is 5.10 Å². The Labute approximate surface area is 138 Å². The Balaban J connectivity index is 1.34. The van der Waals surface area contributed by atoms with E-state index in [9.17, 15) is 0 Å². The van der Waals surface area contributed by atoms with E-state index in [1.165, 1.54) is 49.3 Å². The second kappa shape index (κ2) is 6.85. The van der Waals surface area contributed by atoms with Gasteiger partial charge in [-0.1, -0.05) is 30.3 Å². The highest BCUT2D eigenvalue weighted by atomic mass is 15.3. The van der Waals surface area contributed by atoms with Crippen LogP contribution in [0.25, 0.3) is 0 Å². The third-order valence-electron chi connectivity index (χ3n) is 5.07. The van der Waals surface area contributed by atoms with Crippen LogP contribution in [0.4, 0.5) is 0 Å². The van der Waals surface area contributed by atoms with Crippen LogP contribution in [0.15, 0.2) is 36.4 Å². The molecule has 1 aromatic heterocycles. The molecular formula is C19H26N4. The van der Waals surface area contributed by atoms with Crippen molar-refractivity contribution in [1.29, 1.82) is 0 Å². The standard InChI is InChI=1S/C19H26N4/c1-2-5-16(6-3-1)11-17-7-10-22(14-17)15-18-12-19-13-20-8-4-9-23(19)21-18/h1-3,5-6,12,17,20H,4,7-11,13-15H2/t17-/m1/s1. The van der Waals surface area contributed by atoms with Gasteiger partial charge in [-0.25, -0.2) is 0 Å². The number of nitrogens with one attached hydrogen (secondary N) is 1. The van der Waals surface area contributed by atoms with Crippen molar-refractivity contribution in [3.63, 3.8) is 0 Å². The van der Waals surface area contributed by atoms with Gasteiger partial charge in [0.2, 0.25) is 0 Å². The number of fused-ring (bicyclic) bond motifs is 1. The molecule has 4 rings (SSSR count). The third kappa shape index (κ3) is 3.65. The number of benzene rings is 1. The summed E-state index contributed by atoms with van der Waals surface area (Å²) >= 11 is 0. The van der Waals surface area contributed by atoms with E-state index in [0.29, 0.717) is 0 Å². The van der Waals surface area contributed by atoms with E-state index in [4.69, 9.17) is 5.10 Å². The van der Waals surface area contributed by atoms with Crippen molar-refractivity contribution in [3.8, 4) is 0 Å². The summed E-state index contributed by atoms with van der Waals surface area (Å²) in [5.74, 6) is 0.791. The van der Waals surface area contributed by atoms with Crippen LogP contribution in [0.2, 0.25) is 0 Å². The number of aromatic nitrogens is 2. The maximum Gasteiger partial charge on any atom is 0.0768 e. The summed E-state index contributed by atoms with van der Waals surface area (Å²) in [6, 6.07) is 13.2. The molecule has 0 bridgehead atoms. The largest absolute Gasteiger partial charge is 0.311 e. The summed E-state index contributed by atoms with van der Waals surface area (Å²) < 4.78 is 2.20. The first-order chi connectivity index (χ1) is 11.4. The molecule has 2 aromatic rings. The van der Waals surface area contributed by atoms with E-state index in [0.717, 1.165) is 32.1 Å². The van der Waals surface area contributed by atoms with E-state index < -0.39 is 0 Å². The first-order valence-corrected chi connectivity index (χ1v) is 8.89. The molecule has 2 aliphatic heterocycles. The van der Waals surface area contributed by atoms with Gasteiger partial charge in [0.25, 0.3) is 0 Å². The minimum absolute atomic E-state index is 0.791. The SMILES string of the molecule is c1ccc(C[C@H]2CCN(Cc3cc4n(n3)CCCNC4)C2)cc1. The number of nitrogens with zero attached hydrogens (tertiary/aromatic N) is 3. The highest BCUT2D eigenvalue weighted by molar-refractivity contribution is 5.16. The van der Waals surface area contributed by atoms with E-state index in [1.54, 1.807) is 0 Å². The highest BCUT2D eigenvalue weighted by Gasteiger charge is 2.23. The number of aryl methyl sites for hydroxylation is 1. The second-order valence-corrected chi connectivity index (χ2v) is 6.96. The Kier molecular flexibility index (Phi) is 4.44. The Morgan fingerprint density at radius 1 is 1.17 bits per heavy atom. The molecule has 122 valence electrons. The molecular weight excluding hydrogens is 284 g/mol. The van der Waals surface area contributed by atoms with Crippen LogP contribution in [0.3, 0.4) is 0 Å². The zero-order valence-corrected chi connectivity index (χ0v) is 13.7. The van der Waals surface area contributed by atoms with Crippen molar-refractivity contribution in [2.75, 3.05) is 19.6 Å². The van der Waals surface area contributed by atoms with Gasteiger partial charge < -0.3 is 5.32 Å².